The molecule has 7 heteroatoms. The van der Waals surface area contributed by atoms with E-state index in [0.29, 0.717) is 12.0 Å². The summed E-state index contributed by atoms with van der Waals surface area (Å²) >= 11 is 6.60. The number of fused-ring (bicyclic) bond motifs is 1. The van der Waals surface area contributed by atoms with E-state index in [1.807, 2.05) is 6.20 Å². The molecule has 0 unspecified atom stereocenters. The van der Waals surface area contributed by atoms with Crippen LogP contribution in [0.1, 0.15) is 37.4 Å². The summed E-state index contributed by atoms with van der Waals surface area (Å²) in [5.74, 6) is 0.612. The molecule has 1 aromatic carbocycles. The fourth-order valence-corrected chi connectivity index (χ4v) is 4.87. The lowest BCUT2D eigenvalue weighted by atomic mass is 10.2. The lowest BCUT2D eigenvalue weighted by molar-refractivity contribution is 0.522. The zero-order valence-electron chi connectivity index (χ0n) is 16.8. The second kappa shape index (κ2) is 7.84. The number of rotatable bonds is 4. The first kappa shape index (κ1) is 18.7. The molecule has 29 heavy (non-hydrogen) atoms. The molecule has 2 aliphatic rings. The molecule has 1 aliphatic heterocycles. The highest BCUT2D eigenvalue weighted by Gasteiger charge is 2.24. The van der Waals surface area contributed by atoms with Crippen molar-refractivity contribution >= 4 is 40.0 Å². The first-order valence-electron chi connectivity index (χ1n) is 10.6. The van der Waals surface area contributed by atoms with E-state index in [-0.39, 0.29) is 0 Å². The smallest absolute Gasteiger partial charge is 0.229 e. The van der Waals surface area contributed by atoms with Crippen LogP contribution in [0.3, 0.4) is 0 Å². The van der Waals surface area contributed by atoms with Gasteiger partial charge in [-0.15, -0.1) is 0 Å². The molecule has 5 rings (SSSR count). The number of hydrogen-bond acceptors (Lipinski definition) is 5. The lowest BCUT2D eigenvalue weighted by Crippen LogP contribution is -2.43. The van der Waals surface area contributed by atoms with Gasteiger partial charge >= 0.3 is 0 Å². The van der Waals surface area contributed by atoms with Gasteiger partial charge in [0, 0.05) is 55.5 Å². The summed E-state index contributed by atoms with van der Waals surface area (Å²) in [5, 5.41) is 8.47. The normalized spacial score (nSPS) is 17.9. The maximum atomic E-state index is 6.60. The first-order chi connectivity index (χ1) is 14.2. The van der Waals surface area contributed by atoms with Crippen molar-refractivity contribution in [1.29, 1.82) is 0 Å². The SMILES string of the molecule is Cc1c(Cl)c2cnc(Nc3ccc(N4CCNCC4)cc3)nc2n1C1CCCC1. The van der Waals surface area contributed by atoms with Gasteiger partial charge in [0.15, 0.2) is 0 Å². The third-order valence-electron chi connectivity index (χ3n) is 6.21. The maximum absolute atomic E-state index is 6.60. The van der Waals surface area contributed by atoms with E-state index in [0.717, 1.165) is 53.6 Å². The van der Waals surface area contributed by atoms with Crippen molar-refractivity contribution in [1.82, 2.24) is 19.9 Å². The molecule has 1 saturated heterocycles. The van der Waals surface area contributed by atoms with Gasteiger partial charge in [0.2, 0.25) is 5.95 Å². The molecule has 3 aromatic rings. The number of aromatic nitrogens is 3. The van der Waals surface area contributed by atoms with Crippen LogP contribution >= 0.6 is 11.6 Å². The summed E-state index contributed by atoms with van der Waals surface area (Å²) in [6.45, 7) is 6.26. The largest absolute Gasteiger partial charge is 0.369 e. The van der Waals surface area contributed by atoms with Gasteiger partial charge in [-0.25, -0.2) is 4.98 Å². The third-order valence-corrected chi connectivity index (χ3v) is 6.68. The molecule has 2 aromatic heterocycles. The number of nitrogens with zero attached hydrogens (tertiary/aromatic N) is 4. The van der Waals surface area contributed by atoms with Crippen molar-refractivity contribution in [3.05, 3.63) is 41.2 Å². The molecular weight excluding hydrogens is 384 g/mol. The van der Waals surface area contributed by atoms with E-state index < -0.39 is 0 Å². The second-order valence-corrected chi connectivity index (χ2v) is 8.43. The third kappa shape index (κ3) is 3.55. The van der Waals surface area contributed by atoms with E-state index in [4.69, 9.17) is 16.6 Å². The van der Waals surface area contributed by atoms with Crippen molar-refractivity contribution < 1.29 is 0 Å². The molecule has 2 fully saturated rings. The Hall–Kier alpha value is -2.31. The van der Waals surface area contributed by atoms with Gasteiger partial charge in [-0.1, -0.05) is 24.4 Å². The predicted molar refractivity (Wildman–Crippen MR) is 120 cm³/mol. The number of anilines is 3. The fourth-order valence-electron chi connectivity index (χ4n) is 4.65. The van der Waals surface area contributed by atoms with E-state index in [1.54, 1.807) is 0 Å². The summed E-state index contributed by atoms with van der Waals surface area (Å²) in [6.07, 6.45) is 6.79. The van der Waals surface area contributed by atoms with Gasteiger partial charge in [-0.05, 0) is 44.0 Å². The summed E-state index contributed by atoms with van der Waals surface area (Å²) < 4.78 is 2.32. The minimum absolute atomic E-state index is 0.492. The fraction of sp³-hybridized carbons (Fsp3) is 0.455. The monoisotopic (exact) mass is 410 g/mol. The van der Waals surface area contributed by atoms with Crippen molar-refractivity contribution in [2.75, 3.05) is 36.4 Å². The van der Waals surface area contributed by atoms with E-state index in [1.165, 1.54) is 31.4 Å². The average molecular weight is 411 g/mol. The Labute approximate surface area is 176 Å². The molecule has 1 saturated carbocycles. The van der Waals surface area contributed by atoms with Crippen molar-refractivity contribution in [3.63, 3.8) is 0 Å². The Morgan fingerprint density at radius 2 is 1.83 bits per heavy atom. The van der Waals surface area contributed by atoms with Crippen LogP contribution in [0.2, 0.25) is 5.02 Å². The van der Waals surface area contributed by atoms with Gasteiger partial charge < -0.3 is 20.1 Å². The summed E-state index contributed by atoms with van der Waals surface area (Å²) in [6, 6.07) is 9.01. The summed E-state index contributed by atoms with van der Waals surface area (Å²) in [4.78, 5) is 11.8. The van der Waals surface area contributed by atoms with Crippen LogP contribution in [-0.2, 0) is 0 Å². The minimum atomic E-state index is 0.492. The zero-order valence-corrected chi connectivity index (χ0v) is 17.5. The second-order valence-electron chi connectivity index (χ2n) is 8.05. The van der Waals surface area contributed by atoms with Crippen molar-refractivity contribution in [2.45, 2.75) is 38.6 Å². The Morgan fingerprint density at radius 3 is 2.55 bits per heavy atom. The zero-order chi connectivity index (χ0) is 19.8. The number of hydrogen-bond donors (Lipinski definition) is 2. The van der Waals surface area contributed by atoms with Crippen LogP contribution < -0.4 is 15.5 Å². The van der Waals surface area contributed by atoms with E-state index >= 15 is 0 Å². The lowest BCUT2D eigenvalue weighted by Gasteiger charge is -2.29. The summed E-state index contributed by atoms with van der Waals surface area (Å²) in [5.41, 5.74) is 4.28. The molecule has 0 spiro atoms. The van der Waals surface area contributed by atoms with Crippen LogP contribution in [0.5, 0.6) is 0 Å². The Morgan fingerprint density at radius 1 is 1.10 bits per heavy atom. The summed E-state index contributed by atoms with van der Waals surface area (Å²) in [7, 11) is 0. The Kier molecular flexibility index (Phi) is 5.06. The highest BCUT2D eigenvalue weighted by atomic mass is 35.5. The number of piperazine rings is 1. The first-order valence-corrected chi connectivity index (χ1v) is 10.9. The Bertz CT molecular complexity index is 1000. The van der Waals surface area contributed by atoms with Crippen molar-refractivity contribution in [2.24, 2.45) is 0 Å². The Balaban J connectivity index is 1.41. The van der Waals surface area contributed by atoms with Gasteiger partial charge in [-0.3, -0.25) is 0 Å². The minimum Gasteiger partial charge on any atom is -0.369 e. The highest BCUT2D eigenvalue weighted by molar-refractivity contribution is 6.36. The van der Waals surface area contributed by atoms with Crippen LogP contribution in [0.4, 0.5) is 17.3 Å². The van der Waals surface area contributed by atoms with E-state index in [2.05, 4.69) is 56.3 Å². The molecule has 6 nitrogen and oxygen atoms in total. The molecule has 0 amide bonds. The molecule has 0 radical (unpaired) electrons. The van der Waals surface area contributed by atoms with Crippen LogP contribution in [0.15, 0.2) is 30.5 Å². The van der Waals surface area contributed by atoms with Gasteiger partial charge in [0.05, 0.1) is 10.4 Å². The average Bonchev–Trinajstić information content (AvgIpc) is 3.36. The van der Waals surface area contributed by atoms with Gasteiger partial charge in [0.1, 0.15) is 5.65 Å². The molecule has 0 atom stereocenters. The van der Waals surface area contributed by atoms with Crippen LogP contribution in [0.25, 0.3) is 11.0 Å². The van der Waals surface area contributed by atoms with Gasteiger partial charge in [0.25, 0.3) is 0 Å². The molecule has 152 valence electrons. The highest BCUT2D eigenvalue weighted by Crippen LogP contribution is 2.38. The quantitative estimate of drug-likeness (QED) is 0.655. The van der Waals surface area contributed by atoms with Gasteiger partial charge in [-0.2, -0.15) is 4.98 Å². The van der Waals surface area contributed by atoms with Crippen LogP contribution in [0, 0.1) is 6.92 Å². The topological polar surface area (TPSA) is 58.0 Å². The molecule has 1 aliphatic carbocycles. The standard InChI is InChI=1S/C22H27ClN6/c1-15-20(23)19-14-25-22(27-21(19)29(15)18-4-2-3-5-18)26-16-6-8-17(9-7-16)28-12-10-24-11-13-28/h6-9,14,18,24H,2-5,10-13H2,1H3,(H,25,26,27). The van der Waals surface area contributed by atoms with Crippen LogP contribution in [-0.4, -0.2) is 40.7 Å². The number of benzene rings is 1. The van der Waals surface area contributed by atoms with E-state index in [9.17, 15) is 0 Å². The maximum Gasteiger partial charge on any atom is 0.229 e. The molecule has 2 N–H and O–H groups in total. The molecule has 3 heterocycles. The predicted octanol–water partition coefficient (Wildman–Crippen LogP) is 4.66. The molecule has 0 bridgehead atoms. The van der Waals surface area contributed by atoms with Crippen molar-refractivity contribution in [3.8, 4) is 0 Å². The number of halogens is 1. The number of nitrogens with one attached hydrogen (secondary N) is 2. The molecular formula is C22H27ClN6.